The van der Waals surface area contributed by atoms with E-state index in [9.17, 15) is 19.1 Å². The summed E-state index contributed by atoms with van der Waals surface area (Å²) < 4.78 is 18.7. The van der Waals surface area contributed by atoms with Gasteiger partial charge in [0.2, 0.25) is 0 Å². The Labute approximate surface area is 104 Å². The Balaban J connectivity index is 2.67. The van der Waals surface area contributed by atoms with E-state index in [-0.39, 0.29) is 13.0 Å². The Bertz CT molecular complexity index is 354. The summed E-state index contributed by atoms with van der Waals surface area (Å²) in [4.78, 5) is 23.5. The van der Waals surface area contributed by atoms with Crippen LogP contribution in [0, 0.1) is 0 Å². The van der Waals surface area contributed by atoms with Gasteiger partial charge in [0, 0.05) is 13.0 Å². The van der Waals surface area contributed by atoms with Crippen LogP contribution in [-0.2, 0) is 9.53 Å². The molecule has 1 fully saturated rings. The number of alkyl halides is 1. The minimum Gasteiger partial charge on any atom is -0.479 e. The summed E-state index contributed by atoms with van der Waals surface area (Å²) in [6.45, 7) is 4.48. The summed E-state index contributed by atoms with van der Waals surface area (Å²) in [5, 5.41) is 18.4. The average Bonchev–Trinajstić information content (AvgIpc) is 2.19. The van der Waals surface area contributed by atoms with Gasteiger partial charge in [-0.25, -0.2) is 14.0 Å². The van der Waals surface area contributed by atoms with Crippen LogP contribution in [-0.4, -0.2) is 57.6 Å². The third kappa shape index (κ3) is 3.10. The third-order valence-electron chi connectivity index (χ3n) is 2.68. The summed E-state index contributed by atoms with van der Waals surface area (Å²) in [5.41, 5.74) is -3.12. The summed E-state index contributed by atoms with van der Waals surface area (Å²) in [6.07, 6.45) is -3.10. The fourth-order valence-electron chi connectivity index (χ4n) is 1.63. The quantitative estimate of drug-likeness (QED) is 0.730. The van der Waals surface area contributed by atoms with Crippen molar-refractivity contribution in [1.29, 1.82) is 0 Å². The minimum atomic E-state index is -2.42. The van der Waals surface area contributed by atoms with Crippen molar-refractivity contribution in [2.75, 3.05) is 13.1 Å². The number of hydrogen-bond donors (Lipinski definition) is 2. The fraction of sp³-hybridized carbons (Fsp3) is 0.818. The molecular formula is C11H18FNO5. The number of piperidine rings is 1. The molecule has 6 nitrogen and oxygen atoms in total. The van der Waals surface area contributed by atoms with E-state index in [0.29, 0.717) is 0 Å². The number of carboxylic acids is 1. The molecule has 1 aliphatic rings. The number of halogens is 1. The molecule has 18 heavy (non-hydrogen) atoms. The lowest BCUT2D eigenvalue weighted by atomic mass is 9.90. The van der Waals surface area contributed by atoms with Crippen molar-refractivity contribution in [3.05, 3.63) is 0 Å². The van der Waals surface area contributed by atoms with Crippen molar-refractivity contribution in [2.45, 2.75) is 44.6 Å². The molecule has 0 saturated carbocycles. The Morgan fingerprint density at radius 2 is 2.00 bits per heavy atom. The molecule has 0 unspecified atom stereocenters. The van der Waals surface area contributed by atoms with E-state index in [1.807, 2.05) is 0 Å². The number of rotatable bonds is 1. The number of nitrogens with zero attached hydrogens (tertiary/aromatic N) is 1. The van der Waals surface area contributed by atoms with Crippen LogP contribution in [0.4, 0.5) is 9.18 Å². The van der Waals surface area contributed by atoms with Gasteiger partial charge in [-0.2, -0.15) is 0 Å². The van der Waals surface area contributed by atoms with Crippen molar-refractivity contribution in [1.82, 2.24) is 4.90 Å². The highest BCUT2D eigenvalue weighted by molar-refractivity contribution is 5.79. The molecule has 1 aliphatic heterocycles. The zero-order chi connectivity index (χ0) is 14.1. The van der Waals surface area contributed by atoms with E-state index >= 15 is 0 Å². The van der Waals surface area contributed by atoms with Crippen LogP contribution >= 0.6 is 0 Å². The molecule has 0 spiro atoms. The van der Waals surface area contributed by atoms with Crippen molar-refractivity contribution < 1.29 is 28.9 Å². The zero-order valence-electron chi connectivity index (χ0n) is 10.6. The maximum atomic E-state index is 13.6. The van der Waals surface area contributed by atoms with Crippen LogP contribution in [0.2, 0.25) is 0 Å². The smallest absolute Gasteiger partial charge is 0.410 e. The number of ether oxygens (including phenoxy) is 1. The number of hydrogen-bond acceptors (Lipinski definition) is 4. The first kappa shape index (κ1) is 14.7. The molecule has 2 atom stereocenters. The normalized spacial score (nSPS) is 28.9. The van der Waals surface area contributed by atoms with E-state index < -0.39 is 36.0 Å². The van der Waals surface area contributed by atoms with Gasteiger partial charge < -0.3 is 19.8 Å². The van der Waals surface area contributed by atoms with Gasteiger partial charge in [0.1, 0.15) is 5.60 Å². The Hall–Kier alpha value is -1.37. The van der Waals surface area contributed by atoms with E-state index in [1.54, 1.807) is 20.8 Å². The molecule has 1 saturated heterocycles. The van der Waals surface area contributed by atoms with E-state index in [4.69, 9.17) is 9.84 Å². The Kier molecular flexibility index (Phi) is 3.85. The Morgan fingerprint density at radius 1 is 1.44 bits per heavy atom. The zero-order valence-corrected chi connectivity index (χ0v) is 10.6. The lowest BCUT2D eigenvalue weighted by Crippen LogP contribution is -2.59. The predicted octanol–water partition coefficient (Wildman–Crippen LogP) is 0.781. The van der Waals surface area contributed by atoms with Gasteiger partial charge in [0.15, 0.2) is 11.8 Å². The molecule has 1 rings (SSSR count). The highest BCUT2D eigenvalue weighted by Gasteiger charge is 2.49. The molecule has 104 valence electrons. The molecule has 0 aromatic heterocycles. The first-order chi connectivity index (χ1) is 8.06. The summed E-state index contributed by atoms with van der Waals surface area (Å²) in [5.74, 6) is -1.61. The van der Waals surface area contributed by atoms with Crippen molar-refractivity contribution >= 4 is 12.1 Å². The first-order valence-electron chi connectivity index (χ1n) is 5.64. The maximum absolute atomic E-state index is 13.6. The molecule has 1 amide bonds. The van der Waals surface area contributed by atoms with Crippen LogP contribution in [0.5, 0.6) is 0 Å². The molecule has 0 aromatic rings. The number of likely N-dealkylation sites (tertiary alicyclic amines) is 1. The summed E-state index contributed by atoms with van der Waals surface area (Å²) in [6, 6.07) is 0. The average molecular weight is 263 g/mol. The van der Waals surface area contributed by atoms with Gasteiger partial charge >= 0.3 is 12.1 Å². The largest absolute Gasteiger partial charge is 0.479 e. The monoisotopic (exact) mass is 263 g/mol. The van der Waals surface area contributed by atoms with Crippen LogP contribution < -0.4 is 0 Å². The second-order valence-corrected chi connectivity index (χ2v) is 5.37. The van der Waals surface area contributed by atoms with Crippen LogP contribution in [0.15, 0.2) is 0 Å². The second-order valence-electron chi connectivity index (χ2n) is 5.37. The van der Waals surface area contributed by atoms with Gasteiger partial charge in [-0.05, 0) is 20.8 Å². The SMILES string of the molecule is CC(C)(C)OC(=O)N1CC[C@](O)(C(=O)O)[C@H](F)C1. The lowest BCUT2D eigenvalue weighted by molar-refractivity contribution is -0.173. The number of carbonyl (C=O) groups excluding carboxylic acids is 1. The first-order valence-corrected chi connectivity index (χ1v) is 5.64. The molecule has 0 radical (unpaired) electrons. The van der Waals surface area contributed by atoms with Crippen molar-refractivity contribution in [3.63, 3.8) is 0 Å². The molecule has 2 N–H and O–H groups in total. The molecule has 0 aliphatic carbocycles. The van der Waals surface area contributed by atoms with Crippen molar-refractivity contribution in [2.24, 2.45) is 0 Å². The standard InChI is InChI=1S/C11H18FNO5/c1-10(2,3)18-9(16)13-5-4-11(17,8(14)15)7(12)6-13/h7,17H,4-6H2,1-3H3,(H,14,15)/t7-,11-/m1/s1. The minimum absolute atomic E-state index is 0.0574. The molecular weight excluding hydrogens is 245 g/mol. The lowest BCUT2D eigenvalue weighted by Gasteiger charge is -2.38. The summed E-state index contributed by atoms with van der Waals surface area (Å²) >= 11 is 0. The fourth-order valence-corrected chi connectivity index (χ4v) is 1.63. The second kappa shape index (κ2) is 4.72. The van der Waals surface area contributed by atoms with Crippen LogP contribution in [0.3, 0.4) is 0 Å². The highest BCUT2D eigenvalue weighted by Crippen LogP contribution is 2.26. The van der Waals surface area contributed by atoms with Gasteiger partial charge in [-0.3, -0.25) is 0 Å². The van der Waals surface area contributed by atoms with Gasteiger partial charge in [0.25, 0.3) is 0 Å². The van der Waals surface area contributed by atoms with Gasteiger partial charge in [-0.15, -0.1) is 0 Å². The number of amides is 1. The molecule has 0 aromatic carbocycles. The van der Waals surface area contributed by atoms with Crippen LogP contribution in [0.1, 0.15) is 27.2 Å². The predicted molar refractivity (Wildman–Crippen MR) is 59.9 cm³/mol. The number of carbonyl (C=O) groups is 2. The number of aliphatic hydroxyl groups is 1. The highest BCUT2D eigenvalue weighted by atomic mass is 19.1. The molecule has 7 heteroatoms. The van der Waals surface area contributed by atoms with Crippen molar-refractivity contribution in [3.8, 4) is 0 Å². The topological polar surface area (TPSA) is 87.1 Å². The van der Waals surface area contributed by atoms with Gasteiger partial charge in [0.05, 0.1) is 6.54 Å². The van der Waals surface area contributed by atoms with E-state index in [2.05, 4.69) is 0 Å². The van der Waals surface area contributed by atoms with E-state index in [1.165, 1.54) is 0 Å². The van der Waals surface area contributed by atoms with E-state index in [0.717, 1.165) is 4.90 Å². The summed E-state index contributed by atoms with van der Waals surface area (Å²) in [7, 11) is 0. The number of carboxylic acid groups (broad SMARTS) is 1. The van der Waals surface area contributed by atoms with Crippen LogP contribution in [0.25, 0.3) is 0 Å². The molecule has 0 bridgehead atoms. The Morgan fingerprint density at radius 3 is 2.39 bits per heavy atom. The van der Waals surface area contributed by atoms with Gasteiger partial charge in [-0.1, -0.05) is 0 Å². The molecule has 1 heterocycles. The maximum Gasteiger partial charge on any atom is 0.410 e. The number of aliphatic carboxylic acids is 1. The third-order valence-corrected chi connectivity index (χ3v) is 2.68.